The number of rotatable bonds is 10. The van der Waals surface area contributed by atoms with Gasteiger partial charge in [0, 0.05) is 6.92 Å². The maximum Gasteiger partial charge on any atom is 0.337 e. The van der Waals surface area contributed by atoms with Crippen LogP contribution >= 0.6 is 0 Å². The summed E-state index contributed by atoms with van der Waals surface area (Å²) < 4.78 is 16.1. The molecular weight excluding hydrogens is 356 g/mol. The second-order valence-electron chi connectivity index (χ2n) is 6.65. The van der Waals surface area contributed by atoms with Crippen LogP contribution in [0.3, 0.4) is 0 Å². The maximum atomic E-state index is 11.7. The van der Waals surface area contributed by atoms with E-state index in [0.717, 1.165) is 36.8 Å². The minimum Gasteiger partial charge on any atom is -0.489 e. The summed E-state index contributed by atoms with van der Waals surface area (Å²) in [5.74, 6) is 0.0289. The smallest absolute Gasteiger partial charge is 0.337 e. The van der Waals surface area contributed by atoms with Gasteiger partial charge >= 0.3 is 11.9 Å². The van der Waals surface area contributed by atoms with Crippen LogP contribution in [0.4, 0.5) is 0 Å². The number of methoxy groups -OCH3 is 1. The fourth-order valence-corrected chi connectivity index (χ4v) is 2.95. The van der Waals surface area contributed by atoms with Crippen LogP contribution in [0.15, 0.2) is 48.5 Å². The highest BCUT2D eigenvalue weighted by molar-refractivity contribution is 5.89. The van der Waals surface area contributed by atoms with Gasteiger partial charge in [-0.1, -0.05) is 44.0 Å². The summed E-state index contributed by atoms with van der Waals surface area (Å²) in [5, 5.41) is 0. The van der Waals surface area contributed by atoms with E-state index in [1.807, 2.05) is 30.3 Å². The van der Waals surface area contributed by atoms with Crippen molar-refractivity contribution in [3.8, 4) is 5.75 Å². The Balaban J connectivity index is 2.07. The largest absolute Gasteiger partial charge is 0.489 e. The van der Waals surface area contributed by atoms with E-state index in [-0.39, 0.29) is 18.0 Å². The van der Waals surface area contributed by atoms with E-state index < -0.39 is 0 Å². The fourth-order valence-electron chi connectivity index (χ4n) is 2.95. The first-order valence-corrected chi connectivity index (χ1v) is 9.60. The lowest BCUT2D eigenvalue weighted by Gasteiger charge is -2.18. The van der Waals surface area contributed by atoms with E-state index >= 15 is 0 Å². The monoisotopic (exact) mass is 384 g/mol. The van der Waals surface area contributed by atoms with Crippen molar-refractivity contribution in [2.24, 2.45) is 0 Å². The normalized spacial score (nSPS) is 11.5. The van der Waals surface area contributed by atoms with E-state index in [9.17, 15) is 9.59 Å². The molecule has 0 amide bonds. The van der Waals surface area contributed by atoms with E-state index in [1.165, 1.54) is 14.0 Å². The molecule has 0 aliphatic carbocycles. The van der Waals surface area contributed by atoms with Gasteiger partial charge in [0.1, 0.15) is 18.5 Å². The maximum absolute atomic E-state index is 11.7. The van der Waals surface area contributed by atoms with Gasteiger partial charge < -0.3 is 14.2 Å². The van der Waals surface area contributed by atoms with Gasteiger partial charge in [-0.3, -0.25) is 4.79 Å². The number of hydrogen-bond donors (Lipinski definition) is 0. The summed E-state index contributed by atoms with van der Waals surface area (Å²) in [6.45, 7) is 3.90. The minimum atomic E-state index is -0.375. The second kappa shape index (κ2) is 11.1. The van der Waals surface area contributed by atoms with Gasteiger partial charge in [0.25, 0.3) is 0 Å². The molecule has 0 aliphatic heterocycles. The molecule has 0 N–H and O–H groups in total. The number of unbranched alkanes of at least 4 members (excludes halogenated alkanes) is 2. The summed E-state index contributed by atoms with van der Waals surface area (Å²) in [5.41, 5.74) is 2.28. The number of benzene rings is 2. The quantitative estimate of drug-likeness (QED) is 0.414. The predicted octanol–water partition coefficient (Wildman–Crippen LogP) is 5.24. The summed E-state index contributed by atoms with van der Waals surface area (Å²) in [7, 11) is 1.36. The van der Waals surface area contributed by atoms with Gasteiger partial charge in [-0.25, -0.2) is 4.79 Å². The van der Waals surface area contributed by atoms with E-state index in [4.69, 9.17) is 14.2 Å². The summed E-state index contributed by atoms with van der Waals surface area (Å²) in [4.78, 5) is 23.1. The van der Waals surface area contributed by atoms with Crippen molar-refractivity contribution < 1.29 is 23.8 Å². The predicted molar refractivity (Wildman–Crippen MR) is 107 cm³/mol. The van der Waals surface area contributed by atoms with Crippen molar-refractivity contribution in [2.75, 3.05) is 7.11 Å². The van der Waals surface area contributed by atoms with Crippen molar-refractivity contribution >= 4 is 11.9 Å². The van der Waals surface area contributed by atoms with Crippen LogP contribution in [0.2, 0.25) is 0 Å². The Morgan fingerprint density at radius 2 is 1.82 bits per heavy atom. The number of carbonyl (C=O) groups excluding carboxylic acids is 2. The number of esters is 2. The Morgan fingerprint density at radius 3 is 2.54 bits per heavy atom. The van der Waals surface area contributed by atoms with Crippen LogP contribution in [0.25, 0.3) is 0 Å². The van der Waals surface area contributed by atoms with Crippen molar-refractivity contribution in [3.63, 3.8) is 0 Å². The number of carbonyl (C=O) groups is 2. The summed E-state index contributed by atoms with van der Waals surface area (Å²) in [6.07, 6.45) is 3.73. The Labute approximate surface area is 166 Å². The lowest BCUT2D eigenvalue weighted by Crippen LogP contribution is -2.09. The van der Waals surface area contributed by atoms with E-state index in [2.05, 4.69) is 6.92 Å². The standard InChI is InChI=1S/C23H28O5/c1-4-5-6-13-22(28-17(2)24)19-10-8-12-21(15-19)27-16-18-9-7-11-20(14-18)23(25)26-3/h7-12,14-15,22H,4-6,13,16H2,1-3H3. The van der Waals surface area contributed by atoms with E-state index in [1.54, 1.807) is 18.2 Å². The Kier molecular flexibility index (Phi) is 8.53. The second-order valence-corrected chi connectivity index (χ2v) is 6.65. The number of hydrogen-bond acceptors (Lipinski definition) is 5. The molecular formula is C23H28O5. The third-order valence-electron chi connectivity index (χ3n) is 4.36. The van der Waals surface area contributed by atoms with Gasteiger partial charge in [0.15, 0.2) is 0 Å². The molecule has 0 aromatic heterocycles. The van der Waals surface area contributed by atoms with Crippen LogP contribution in [-0.2, 0) is 20.9 Å². The molecule has 0 fully saturated rings. The van der Waals surface area contributed by atoms with Gasteiger partial charge in [-0.2, -0.15) is 0 Å². The molecule has 0 radical (unpaired) electrons. The van der Waals surface area contributed by atoms with Gasteiger partial charge in [0.05, 0.1) is 12.7 Å². The molecule has 5 nitrogen and oxygen atoms in total. The van der Waals surface area contributed by atoms with Crippen molar-refractivity contribution in [1.82, 2.24) is 0 Å². The molecule has 2 aromatic rings. The van der Waals surface area contributed by atoms with Crippen molar-refractivity contribution in [2.45, 2.75) is 52.2 Å². The highest BCUT2D eigenvalue weighted by Gasteiger charge is 2.15. The Hall–Kier alpha value is -2.82. The first-order valence-electron chi connectivity index (χ1n) is 9.60. The molecule has 0 bridgehead atoms. The highest BCUT2D eigenvalue weighted by atomic mass is 16.5. The highest BCUT2D eigenvalue weighted by Crippen LogP contribution is 2.27. The topological polar surface area (TPSA) is 61.8 Å². The van der Waals surface area contributed by atoms with E-state index in [0.29, 0.717) is 17.9 Å². The van der Waals surface area contributed by atoms with Gasteiger partial charge in [-0.05, 0) is 48.2 Å². The van der Waals surface area contributed by atoms with Crippen LogP contribution in [0.1, 0.15) is 67.1 Å². The third-order valence-corrected chi connectivity index (χ3v) is 4.36. The molecule has 150 valence electrons. The fraction of sp³-hybridized carbons (Fsp3) is 0.391. The van der Waals surface area contributed by atoms with Crippen molar-refractivity contribution in [1.29, 1.82) is 0 Å². The molecule has 0 spiro atoms. The first-order chi connectivity index (χ1) is 13.5. The lowest BCUT2D eigenvalue weighted by atomic mass is 10.0. The molecule has 5 heteroatoms. The third kappa shape index (κ3) is 6.72. The van der Waals surface area contributed by atoms with Crippen LogP contribution < -0.4 is 4.74 Å². The molecule has 0 aliphatic rings. The minimum absolute atomic E-state index is 0.268. The zero-order valence-corrected chi connectivity index (χ0v) is 16.8. The van der Waals surface area contributed by atoms with Crippen LogP contribution in [0.5, 0.6) is 5.75 Å². The van der Waals surface area contributed by atoms with Crippen LogP contribution in [0, 0.1) is 0 Å². The number of ether oxygens (including phenoxy) is 3. The molecule has 28 heavy (non-hydrogen) atoms. The zero-order valence-electron chi connectivity index (χ0n) is 16.8. The average molecular weight is 384 g/mol. The first kappa shape index (κ1) is 21.5. The lowest BCUT2D eigenvalue weighted by molar-refractivity contribution is -0.147. The molecule has 0 saturated carbocycles. The van der Waals surface area contributed by atoms with Gasteiger partial charge in [0.2, 0.25) is 0 Å². The van der Waals surface area contributed by atoms with Gasteiger partial charge in [-0.15, -0.1) is 0 Å². The average Bonchev–Trinajstić information content (AvgIpc) is 2.71. The Morgan fingerprint density at radius 1 is 1.04 bits per heavy atom. The zero-order chi connectivity index (χ0) is 20.4. The van der Waals surface area contributed by atoms with Crippen molar-refractivity contribution in [3.05, 3.63) is 65.2 Å². The molecule has 0 heterocycles. The molecule has 2 rings (SSSR count). The summed E-state index contributed by atoms with van der Waals surface area (Å²) >= 11 is 0. The SMILES string of the molecule is CCCCCC(OC(C)=O)c1cccc(OCc2cccc(C(=O)OC)c2)c1. The molecule has 0 saturated heterocycles. The van der Waals surface area contributed by atoms with Crippen LogP contribution in [-0.4, -0.2) is 19.0 Å². The molecule has 1 unspecified atom stereocenters. The molecule has 1 atom stereocenters. The summed E-state index contributed by atoms with van der Waals surface area (Å²) in [6, 6.07) is 14.8. The Bertz CT molecular complexity index is 784. The molecule has 2 aromatic carbocycles.